The number of piperazine rings is 1. The van der Waals surface area contributed by atoms with Gasteiger partial charge in [0.1, 0.15) is 11.6 Å². The molecule has 1 fully saturated rings. The van der Waals surface area contributed by atoms with Crippen molar-refractivity contribution in [3.8, 4) is 5.75 Å². The van der Waals surface area contributed by atoms with E-state index < -0.39 is 17.8 Å². The number of carbonyl (C=O) groups is 4. The summed E-state index contributed by atoms with van der Waals surface area (Å²) in [4.78, 5) is 46.5. The van der Waals surface area contributed by atoms with Crippen molar-refractivity contribution in [2.75, 3.05) is 33.3 Å². The van der Waals surface area contributed by atoms with Crippen LogP contribution in [-0.4, -0.2) is 77.1 Å². The van der Waals surface area contributed by atoms with Gasteiger partial charge < -0.3 is 24.7 Å². The van der Waals surface area contributed by atoms with Crippen molar-refractivity contribution < 1.29 is 38.5 Å². The Kier molecular flexibility index (Phi) is 8.07. The Balaban J connectivity index is 0.000000501. The Hall–Kier alpha value is -3.95. The standard InChI is InChI=1S/C19H19FN2O3.C2H2O4/c1-25-15-6-4-5-14(13-15)18(23)21-9-11-22(12-10-21)19(24)16-7-2-3-8-17(16)20;3-1(4)2(5)6/h2-8,13H,9-12H2,1H3;(H,3,4)(H,5,6). The third-order valence-electron chi connectivity index (χ3n) is 4.46. The number of methoxy groups -OCH3 is 1. The third kappa shape index (κ3) is 6.26. The molecule has 0 aromatic heterocycles. The molecule has 1 heterocycles. The molecule has 2 aromatic rings. The van der Waals surface area contributed by atoms with E-state index in [2.05, 4.69) is 0 Å². The lowest BCUT2D eigenvalue weighted by Gasteiger charge is -2.35. The van der Waals surface area contributed by atoms with Crippen molar-refractivity contribution in [3.05, 3.63) is 65.5 Å². The van der Waals surface area contributed by atoms with E-state index >= 15 is 0 Å². The van der Waals surface area contributed by atoms with E-state index in [1.807, 2.05) is 0 Å². The van der Waals surface area contributed by atoms with Crippen molar-refractivity contribution in [1.82, 2.24) is 9.80 Å². The van der Waals surface area contributed by atoms with E-state index in [0.717, 1.165) is 0 Å². The summed E-state index contributed by atoms with van der Waals surface area (Å²) in [6, 6.07) is 12.9. The Labute approximate surface area is 177 Å². The van der Waals surface area contributed by atoms with E-state index in [1.54, 1.807) is 53.3 Å². The van der Waals surface area contributed by atoms with Crippen molar-refractivity contribution in [2.45, 2.75) is 0 Å². The van der Waals surface area contributed by atoms with Crippen LogP contribution in [0.5, 0.6) is 5.75 Å². The molecule has 0 saturated carbocycles. The highest BCUT2D eigenvalue weighted by atomic mass is 19.1. The molecule has 31 heavy (non-hydrogen) atoms. The van der Waals surface area contributed by atoms with Crippen LogP contribution in [0.3, 0.4) is 0 Å². The predicted molar refractivity (Wildman–Crippen MR) is 106 cm³/mol. The number of hydrogen-bond acceptors (Lipinski definition) is 5. The minimum absolute atomic E-state index is 0.0649. The molecule has 1 aliphatic rings. The molecule has 1 saturated heterocycles. The first-order chi connectivity index (χ1) is 14.7. The topological polar surface area (TPSA) is 124 Å². The van der Waals surface area contributed by atoms with Gasteiger partial charge in [0.25, 0.3) is 11.8 Å². The molecule has 0 atom stereocenters. The summed E-state index contributed by atoms with van der Waals surface area (Å²) >= 11 is 0. The third-order valence-corrected chi connectivity index (χ3v) is 4.46. The molecule has 2 amide bonds. The SMILES string of the molecule is COc1cccc(C(=O)N2CCN(C(=O)c3ccccc3F)CC2)c1.O=C(O)C(=O)O. The van der Waals surface area contributed by atoms with Gasteiger partial charge in [0.15, 0.2) is 0 Å². The maximum atomic E-state index is 13.8. The second-order valence-corrected chi connectivity index (χ2v) is 6.41. The lowest BCUT2D eigenvalue weighted by atomic mass is 10.1. The van der Waals surface area contributed by atoms with E-state index in [0.29, 0.717) is 37.5 Å². The number of benzene rings is 2. The van der Waals surface area contributed by atoms with Crippen LogP contribution in [-0.2, 0) is 9.59 Å². The highest BCUT2D eigenvalue weighted by Crippen LogP contribution is 2.17. The molecule has 2 N–H and O–H groups in total. The first-order valence-corrected chi connectivity index (χ1v) is 9.18. The van der Waals surface area contributed by atoms with Crippen LogP contribution in [0.4, 0.5) is 4.39 Å². The van der Waals surface area contributed by atoms with Crippen LogP contribution in [0.1, 0.15) is 20.7 Å². The van der Waals surface area contributed by atoms with Crippen LogP contribution >= 0.6 is 0 Å². The van der Waals surface area contributed by atoms with Gasteiger partial charge in [-0.1, -0.05) is 18.2 Å². The summed E-state index contributed by atoms with van der Waals surface area (Å²) in [6.45, 7) is 1.58. The zero-order chi connectivity index (χ0) is 23.0. The first kappa shape index (κ1) is 23.3. The van der Waals surface area contributed by atoms with Gasteiger partial charge in [-0.15, -0.1) is 0 Å². The minimum Gasteiger partial charge on any atom is -0.497 e. The maximum Gasteiger partial charge on any atom is 0.414 e. The van der Waals surface area contributed by atoms with Crippen LogP contribution in [0.2, 0.25) is 0 Å². The minimum atomic E-state index is -1.82. The number of ether oxygens (including phenoxy) is 1. The van der Waals surface area contributed by atoms with Crippen molar-refractivity contribution in [3.63, 3.8) is 0 Å². The van der Waals surface area contributed by atoms with Crippen molar-refractivity contribution >= 4 is 23.8 Å². The Morgan fingerprint density at radius 1 is 0.839 bits per heavy atom. The largest absolute Gasteiger partial charge is 0.497 e. The van der Waals surface area contributed by atoms with E-state index in [4.69, 9.17) is 24.5 Å². The second-order valence-electron chi connectivity index (χ2n) is 6.41. The number of carboxylic acid groups (broad SMARTS) is 2. The van der Waals surface area contributed by atoms with Gasteiger partial charge in [0.05, 0.1) is 12.7 Å². The van der Waals surface area contributed by atoms with E-state index in [9.17, 15) is 14.0 Å². The van der Waals surface area contributed by atoms with Gasteiger partial charge in [0, 0.05) is 31.7 Å². The Morgan fingerprint density at radius 3 is 1.90 bits per heavy atom. The number of carboxylic acids is 2. The van der Waals surface area contributed by atoms with Crippen molar-refractivity contribution in [2.24, 2.45) is 0 Å². The number of nitrogens with zero attached hydrogens (tertiary/aromatic N) is 2. The smallest absolute Gasteiger partial charge is 0.414 e. The molecule has 164 valence electrons. The molecular weight excluding hydrogens is 411 g/mol. The quantitative estimate of drug-likeness (QED) is 0.706. The summed E-state index contributed by atoms with van der Waals surface area (Å²) < 4.78 is 18.9. The lowest BCUT2D eigenvalue weighted by molar-refractivity contribution is -0.159. The van der Waals surface area contributed by atoms with Gasteiger partial charge >= 0.3 is 11.9 Å². The number of amides is 2. The van der Waals surface area contributed by atoms with Gasteiger partial charge in [-0.2, -0.15) is 0 Å². The molecule has 0 radical (unpaired) electrons. The predicted octanol–water partition coefficient (Wildman–Crippen LogP) is 1.59. The molecule has 0 spiro atoms. The fraction of sp³-hybridized carbons (Fsp3) is 0.238. The van der Waals surface area contributed by atoms with Gasteiger partial charge in [0.2, 0.25) is 0 Å². The molecule has 1 aliphatic heterocycles. The lowest BCUT2D eigenvalue weighted by Crippen LogP contribution is -2.50. The highest BCUT2D eigenvalue weighted by Gasteiger charge is 2.26. The first-order valence-electron chi connectivity index (χ1n) is 9.18. The summed E-state index contributed by atoms with van der Waals surface area (Å²) in [5, 5.41) is 14.8. The van der Waals surface area contributed by atoms with Gasteiger partial charge in [-0.05, 0) is 30.3 Å². The number of rotatable bonds is 3. The molecule has 10 heteroatoms. The van der Waals surface area contributed by atoms with Gasteiger partial charge in [-0.3, -0.25) is 9.59 Å². The number of halogens is 1. The fourth-order valence-corrected chi connectivity index (χ4v) is 2.86. The molecule has 9 nitrogen and oxygen atoms in total. The molecule has 0 unspecified atom stereocenters. The van der Waals surface area contributed by atoms with Crippen LogP contribution in [0.25, 0.3) is 0 Å². The summed E-state index contributed by atoms with van der Waals surface area (Å²) in [6.07, 6.45) is 0. The second kappa shape index (κ2) is 10.7. The van der Waals surface area contributed by atoms with Gasteiger partial charge in [-0.25, -0.2) is 14.0 Å². The zero-order valence-electron chi connectivity index (χ0n) is 16.7. The van der Waals surface area contributed by atoms with E-state index in [1.165, 1.54) is 12.1 Å². The number of hydrogen-bond donors (Lipinski definition) is 2. The average Bonchev–Trinajstić information content (AvgIpc) is 2.79. The number of carbonyl (C=O) groups excluding carboxylic acids is 2. The molecule has 3 rings (SSSR count). The highest BCUT2D eigenvalue weighted by molar-refractivity contribution is 6.27. The van der Waals surface area contributed by atoms with E-state index in [-0.39, 0.29) is 17.4 Å². The molecule has 0 bridgehead atoms. The maximum absolute atomic E-state index is 13.8. The Bertz CT molecular complexity index is 960. The molecule has 2 aromatic carbocycles. The summed E-state index contributed by atoms with van der Waals surface area (Å²) in [5.41, 5.74) is 0.614. The number of aliphatic carboxylic acids is 2. The average molecular weight is 432 g/mol. The summed E-state index contributed by atoms with van der Waals surface area (Å²) in [7, 11) is 1.55. The molecule has 0 aliphatic carbocycles. The normalized spacial score (nSPS) is 13.0. The summed E-state index contributed by atoms with van der Waals surface area (Å²) in [5.74, 6) is -3.99. The van der Waals surface area contributed by atoms with Crippen LogP contribution in [0, 0.1) is 5.82 Å². The molecular formula is C21H21FN2O7. The van der Waals surface area contributed by atoms with Crippen LogP contribution < -0.4 is 4.74 Å². The fourth-order valence-electron chi connectivity index (χ4n) is 2.86. The van der Waals surface area contributed by atoms with Crippen molar-refractivity contribution in [1.29, 1.82) is 0 Å². The van der Waals surface area contributed by atoms with Crippen LogP contribution in [0.15, 0.2) is 48.5 Å². The monoisotopic (exact) mass is 432 g/mol. The zero-order valence-corrected chi connectivity index (χ0v) is 16.7. The Morgan fingerprint density at radius 2 is 1.39 bits per heavy atom.